The van der Waals surface area contributed by atoms with Crippen LogP contribution >= 0.6 is 0 Å². The predicted octanol–water partition coefficient (Wildman–Crippen LogP) is 2.71. The number of ether oxygens (including phenoxy) is 2. The van der Waals surface area contributed by atoms with Crippen LogP contribution in [0, 0.1) is 13.8 Å². The first kappa shape index (κ1) is 20.4. The van der Waals surface area contributed by atoms with Crippen LogP contribution in [0.5, 0.6) is 5.75 Å². The number of carbonyl (C=O) groups excluding carboxylic acids is 1. The molecule has 0 saturated carbocycles. The summed E-state index contributed by atoms with van der Waals surface area (Å²) in [7, 11) is 2.14. The minimum absolute atomic E-state index is 0.237. The first-order valence-electron chi connectivity index (χ1n) is 9.75. The molecule has 3 rings (SSSR count). The first-order chi connectivity index (χ1) is 13.5. The van der Waals surface area contributed by atoms with E-state index in [0.29, 0.717) is 36.5 Å². The zero-order valence-electron chi connectivity index (χ0n) is 16.9. The van der Waals surface area contributed by atoms with E-state index in [0.717, 1.165) is 43.9 Å². The van der Waals surface area contributed by atoms with E-state index in [1.54, 1.807) is 13.8 Å². The highest BCUT2D eigenvalue weighted by molar-refractivity contribution is 5.93. The van der Waals surface area contributed by atoms with Gasteiger partial charge in [-0.15, -0.1) is 0 Å². The van der Waals surface area contributed by atoms with Crippen molar-refractivity contribution in [3.8, 4) is 5.75 Å². The fourth-order valence-corrected chi connectivity index (χ4v) is 3.37. The van der Waals surface area contributed by atoms with E-state index in [1.807, 2.05) is 24.3 Å². The molecule has 0 atom stereocenters. The Kier molecular flexibility index (Phi) is 7.06. The summed E-state index contributed by atoms with van der Waals surface area (Å²) in [6, 6.07) is 8.36. The normalized spacial score (nSPS) is 15.0. The molecule has 0 spiro atoms. The maximum absolute atomic E-state index is 12.3. The minimum Gasteiger partial charge on any atom is -0.492 e. The van der Waals surface area contributed by atoms with Gasteiger partial charge in [-0.2, -0.15) is 0 Å². The van der Waals surface area contributed by atoms with Crippen LogP contribution < -0.4 is 10.1 Å². The number of hydrogen-bond donors (Lipinski definition) is 1. The van der Waals surface area contributed by atoms with Gasteiger partial charge in [0.1, 0.15) is 18.1 Å². The van der Waals surface area contributed by atoms with Crippen LogP contribution in [0.4, 0.5) is 0 Å². The van der Waals surface area contributed by atoms with E-state index in [4.69, 9.17) is 13.9 Å². The topological polar surface area (TPSA) is 76.8 Å². The van der Waals surface area contributed by atoms with Crippen LogP contribution in [0.3, 0.4) is 0 Å². The number of benzene rings is 1. The zero-order chi connectivity index (χ0) is 19.9. The second-order valence-corrected chi connectivity index (χ2v) is 7.14. The van der Waals surface area contributed by atoms with Crippen LogP contribution in [-0.2, 0) is 11.3 Å². The van der Waals surface area contributed by atoms with E-state index in [9.17, 15) is 4.79 Å². The quantitative estimate of drug-likeness (QED) is 0.751. The molecule has 1 fully saturated rings. The van der Waals surface area contributed by atoms with Crippen molar-refractivity contribution in [1.29, 1.82) is 0 Å². The summed E-state index contributed by atoms with van der Waals surface area (Å²) in [6.07, 6.45) is 2.16. The number of oxazole rings is 1. The lowest BCUT2D eigenvalue weighted by molar-refractivity contribution is 0.0392. The van der Waals surface area contributed by atoms with E-state index in [1.165, 1.54) is 0 Å². The van der Waals surface area contributed by atoms with Crippen LogP contribution in [0.2, 0.25) is 0 Å². The molecule has 0 aliphatic carbocycles. The van der Waals surface area contributed by atoms with Crippen molar-refractivity contribution < 1.29 is 18.7 Å². The van der Waals surface area contributed by atoms with Crippen molar-refractivity contribution in [1.82, 2.24) is 15.2 Å². The zero-order valence-corrected chi connectivity index (χ0v) is 16.9. The molecular formula is C21H29N3O4. The van der Waals surface area contributed by atoms with Crippen molar-refractivity contribution in [2.45, 2.75) is 39.3 Å². The molecule has 1 amide bonds. The Balaban J connectivity index is 1.45. The van der Waals surface area contributed by atoms with Crippen molar-refractivity contribution in [2.75, 3.05) is 33.4 Å². The smallest absolute Gasteiger partial charge is 0.273 e. The van der Waals surface area contributed by atoms with Crippen molar-refractivity contribution in [3.63, 3.8) is 0 Å². The molecule has 7 heteroatoms. The summed E-state index contributed by atoms with van der Waals surface area (Å²) in [5.41, 5.74) is 1.31. The number of aryl methyl sites for hydroxylation is 2. The standard InChI is InChI=1S/C21H29N3O4/c1-15-20(23-16(2)28-15)21(25)22-14-17-5-4-6-19(13-17)27-12-9-24(3)18-7-10-26-11-8-18/h4-6,13,18H,7-12,14H2,1-3H3,(H,22,25). The average molecular weight is 387 g/mol. The van der Waals surface area contributed by atoms with Crippen molar-refractivity contribution >= 4 is 5.91 Å². The molecule has 1 aliphatic heterocycles. The lowest BCUT2D eigenvalue weighted by Crippen LogP contribution is -2.38. The summed E-state index contributed by atoms with van der Waals surface area (Å²) in [4.78, 5) is 18.7. The van der Waals surface area contributed by atoms with Gasteiger partial charge in [0, 0.05) is 39.3 Å². The van der Waals surface area contributed by atoms with Gasteiger partial charge >= 0.3 is 0 Å². The van der Waals surface area contributed by atoms with Gasteiger partial charge in [-0.3, -0.25) is 9.69 Å². The third kappa shape index (κ3) is 5.56. The van der Waals surface area contributed by atoms with Gasteiger partial charge in [0.15, 0.2) is 11.6 Å². The fourth-order valence-electron chi connectivity index (χ4n) is 3.37. The summed E-state index contributed by atoms with van der Waals surface area (Å²) < 4.78 is 16.6. The van der Waals surface area contributed by atoms with E-state index < -0.39 is 0 Å². The largest absolute Gasteiger partial charge is 0.492 e. The van der Waals surface area contributed by atoms with Gasteiger partial charge in [-0.1, -0.05) is 12.1 Å². The SMILES string of the molecule is Cc1nc(C(=O)NCc2cccc(OCCN(C)C3CCOCC3)c2)c(C)o1. The van der Waals surface area contributed by atoms with E-state index in [2.05, 4.69) is 22.2 Å². The highest BCUT2D eigenvalue weighted by Crippen LogP contribution is 2.16. The van der Waals surface area contributed by atoms with Crippen LogP contribution in [0.1, 0.15) is 40.5 Å². The molecule has 152 valence electrons. The number of nitrogens with one attached hydrogen (secondary N) is 1. The summed E-state index contributed by atoms with van der Waals surface area (Å²) in [5, 5.41) is 2.88. The number of likely N-dealkylation sites (N-methyl/N-ethyl adjacent to an activating group) is 1. The number of carbonyl (C=O) groups is 1. The highest BCUT2D eigenvalue weighted by Gasteiger charge is 2.18. The lowest BCUT2D eigenvalue weighted by Gasteiger charge is -2.31. The molecule has 0 unspecified atom stereocenters. The monoisotopic (exact) mass is 387 g/mol. The van der Waals surface area contributed by atoms with E-state index in [-0.39, 0.29) is 5.91 Å². The Morgan fingerprint density at radius 3 is 2.82 bits per heavy atom. The number of amides is 1. The van der Waals surface area contributed by atoms with Crippen LogP contribution in [-0.4, -0.2) is 55.2 Å². The van der Waals surface area contributed by atoms with Gasteiger partial charge in [0.25, 0.3) is 5.91 Å². The van der Waals surface area contributed by atoms with Gasteiger partial charge in [-0.05, 0) is 44.5 Å². The third-order valence-corrected chi connectivity index (χ3v) is 5.00. The number of hydrogen-bond acceptors (Lipinski definition) is 6. The molecule has 1 aliphatic rings. The van der Waals surface area contributed by atoms with Crippen molar-refractivity contribution in [2.24, 2.45) is 0 Å². The minimum atomic E-state index is -0.237. The average Bonchev–Trinajstić information content (AvgIpc) is 3.05. The Morgan fingerprint density at radius 1 is 1.32 bits per heavy atom. The second kappa shape index (κ2) is 9.71. The summed E-state index contributed by atoms with van der Waals surface area (Å²) in [5.74, 6) is 1.59. The molecule has 1 saturated heterocycles. The summed E-state index contributed by atoms with van der Waals surface area (Å²) in [6.45, 7) is 7.06. The number of nitrogens with zero attached hydrogens (tertiary/aromatic N) is 2. The van der Waals surface area contributed by atoms with Crippen LogP contribution in [0.15, 0.2) is 28.7 Å². The fraction of sp³-hybridized carbons (Fsp3) is 0.524. The predicted molar refractivity (Wildman–Crippen MR) is 106 cm³/mol. The lowest BCUT2D eigenvalue weighted by atomic mass is 10.1. The Labute approximate surface area is 166 Å². The van der Waals surface area contributed by atoms with Gasteiger partial charge in [0.2, 0.25) is 0 Å². The Bertz CT molecular complexity index is 784. The molecule has 1 N–H and O–H groups in total. The molecule has 2 aromatic rings. The number of aromatic nitrogens is 1. The molecule has 0 bridgehead atoms. The maximum atomic E-state index is 12.3. The molecule has 7 nitrogen and oxygen atoms in total. The van der Waals surface area contributed by atoms with Crippen LogP contribution in [0.25, 0.3) is 0 Å². The molecular weight excluding hydrogens is 358 g/mol. The summed E-state index contributed by atoms with van der Waals surface area (Å²) >= 11 is 0. The second-order valence-electron chi connectivity index (χ2n) is 7.14. The van der Waals surface area contributed by atoms with Gasteiger partial charge < -0.3 is 19.2 Å². The molecule has 1 aromatic carbocycles. The molecule has 28 heavy (non-hydrogen) atoms. The molecule has 0 radical (unpaired) electrons. The van der Waals surface area contributed by atoms with Crippen molar-refractivity contribution in [3.05, 3.63) is 47.2 Å². The maximum Gasteiger partial charge on any atom is 0.273 e. The molecule has 2 heterocycles. The van der Waals surface area contributed by atoms with Gasteiger partial charge in [-0.25, -0.2) is 4.98 Å². The number of rotatable bonds is 8. The first-order valence-corrected chi connectivity index (χ1v) is 9.75. The molecule has 1 aromatic heterocycles. The Hall–Kier alpha value is -2.38. The highest BCUT2D eigenvalue weighted by atomic mass is 16.5. The Morgan fingerprint density at radius 2 is 2.11 bits per heavy atom. The third-order valence-electron chi connectivity index (χ3n) is 5.00. The van der Waals surface area contributed by atoms with E-state index >= 15 is 0 Å². The van der Waals surface area contributed by atoms with Gasteiger partial charge in [0.05, 0.1) is 0 Å².